The minimum atomic E-state index is -0.479. The number of nitro benzene ring substituents is 1. The van der Waals surface area contributed by atoms with Gasteiger partial charge in [0.15, 0.2) is 0 Å². The van der Waals surface area contributed by atoms with E-state index in [9.17, 15) is 14.9 Å². The number of aryl methyl sites for hydroxylation is 1. The summed E-state index contributed by atoms with van der Waals surface area (Å²) in [4.78, 5) is 25.4. The van der Waals surface area contributed by atoms with E-state index in [2.05, 4.69) is 5.32 Å². The number of carbonyl (C=O) groups is 1. The van der Waals surface area contributed by atoms with Crippen LogP contribution in [0.1, 0.15) is 27.5 Å². The average molecular weight is 360 g/mol. The van der Waals surface area contributed by atoms with Crippen LogP contribution in [-0.4, -0.2) is 35.4 Å². The Morgan fingerprint density at radius 1 is 1.32 bits per heavy atom. The number of halogens is 1. The van der Waals surface area contributed by atoms with Gasteiger partial charge in [0.05, 0.1) is 11.0 Å². The maximum atomic E-state index is 13.1. The van der Waals surface area contributed by atoms with Gasteiger partial charge in [0, 0.05) is 42.4 Å². The Kier molecular flexibility index (Phi) is 5.01. The van der Waals surface area contributed by atoms with Crippen molar-refractivity contribution < 1.29 is 9.72 Å². The number of amides is 1. The van der Waals surface area contributed by atoms with Crippen molar-refractivity contribution in [3.05, 3.63) is 74.3 Å². The van der Waals surface area contributed by atoms with E-state index in [1.54, 1.807) is 24.0 Å². The van der Waals surface area contributed by atoms with Gasteiger partial charge in [-0.1, -0.05) is 29.8 Å². The van der Waals surface area contributed by atoms with Gasteiger partial charge in [0.25, 0.3) is 11.6 Å². The summed E-state index contributed by atoms with van der Waals surface area (Å²) in [6.45, 7) is 3.51. The van der Waals surface area contributed by atoms with Crippen LogP contribution >= 0.6 is 11.6 Å². The first-order valence-electron chi connectivity index (χ1n) is 7.99. The Bertz CT molecular complexity index is 825. The molecule has 0 saturated carbocycles. The van der Waals surface area contributed by atoms with Crippen molar-refractivity contribution in [2.75, 3.05) is 19.6 Å². The molecule has 1 aliphatic rings. The lowest BCUT2D eigenvalue weighted by molar-refractivity contribution is -0.384. The first-order valence-corrected chi connectivity index (χ1v) is 8.37. The van der Waals surface area contributed by atoms with Gasteiger partial charge in [-0.15, -0.1) is 0 Å². The van der Waals surface area contributed by atoms with E-state index in [1.165, 1.54) is 12.1 Å². The zero-order valence-electron chi connectivity index (χ0n) is 13.7. The minimum absolute atomic E-state index is 0.0761. The van der Waals surface area contributed by atoms with E-state index in [1.807, 2.05) is 18.2 Å². The van der Waals surface area contributed by atoms with Crippen LogP contribution in [-0.2, 0) is 0 Å². The number of rotatable bonds is 3. The van der Waals surface area contributed by atoms with Crippen LogP contribution < -0.4 is 5.32 Å². The molecule has 130 valence electrons. The maximum Gasteiger partial charge on any atom is 0.270 e. The molecule has 1 amide bonds. The molecule has 3 rings (SSSR count). The van der Waals surface area contributed by atoms with Gasteiger partial charge >= 0.3 is 0 Å². The second-order valence-corrected chi connectivity index (χ2v) is 6.46. The van der Waals surface area contributed by atoms with E-state index in [4.69, 9.17) is 11.6 Å². The van der Waals surface area contributed by atoms with Crippen LogP contribution in [0.3, 0.4) is 0 Å². The summed E-state index contributed by atoms with van der Waals surface area (Å²) in [5.41, 5.74) is 1.80. The standard InChI is InChI=1S/C18H18ClN3O3/c1-12-8-13(10-14(9-12)22(24)25)18(23)21-7-6-20-11-17(21)15-4-2-3-5-16(15)19/h2-5,8-10,17,20H,6-7,11H2,1H3. The van der Waals surface area contributed by atoms with Gasteiger partial charge in [-0.2, -0.15) is 0 Å². The predicted octanol–water partition coefficient (Wildman–Crippen LogP) is 3.34. The molecule has 1 atom stereocenters. The number of carbonyl (C=O) groups excluding carboxylic acids is 1. The second kappa shape index (κ2) is 7.21. The third kappa shape index (κ3) is 3.65. The van der Waals surface area contributed by atoms with Gasteiger partial charge in [-0.25, -0.2) is 0 Å². The molecule has 0 aliphatic carbocycles. The molecule has 25 heavy (non-hydrogen) atoms. The number of hydrogen-bond acceptors (Lipinski definition) is 4. The number of nitrogens with one attached hydrogen (secondary N) is 1. The SMILES string of the molecule is Cc1cc(C(=O)N2CCNCC2c2ccccc2Cl)cc([N+](=O)[O-])c1. The molecule has 2 aromatic carbocycles. The largest absolute Gasteiger partial charge is 0.329 e. The third-order valence-corrected chi connectivity index (χ3v) is 4.63. The summed E-state index contributed by atoms with van der Waals surface area (Å²) in [5, 5.41) is 15.0. The Morgan fingerprint density at radius 3 is 2.80 bits per heavy atom. The normalized spacial score (nSPS) is 17.4. The number of hydrogen-bond donors (Lipinski definition) is 1. The molecule has 6 nitrogen and oxygen atoms in total. The summed E-state index contributed by atoms with van der Waals surface area (Å²) in [5.74, 6) is -0.224. The van der Waals surface area contributed by atoms with Crippen LogP contribution in [0.25, 0.3) is 0 Å². The molecule has 0 bridgehead atoms. The van der Waals surface area contributed by atoms with Gasteiger partial charge in [0.2, 0.25) is 0 Å². The quantitative estimate of drug-likeness (QED) is 0.673. The molecule has 1 unspecified atom stereocenters. The van der Waals surface area contributed by atoms with Crippen LogP contribution in [0, 0.1) is 17.0 Å². The summed E-state index contributed by atoms with van der Waals surface area (Å²) in [6.07, 6.45) is 0. The summed E-state index contributed by atoms with van der Waals surface area (Å²) in [7, 11) is 0. The van der Waals surface area contributed by atoms with Gasteiger partial charge in [-0.05, 0) is 30.2 Å². The average Bonchev–Trinajstić information content (AvgIpc) is 2.61. The molecular formula is C18H18ClN3O3. The van der Waals surface area contributed by atoms with Crippen molar-refractivity contribution in [3.8, 4) is 0 Å². The van der Waals surface area contributed by atoms with Crippen molar-refractivity contribution in [3.63, 3.8) is 0 Å². The van der Waals surface area contributed by atoms with E-state index in [-0.39, 0.29) is 17.6 Å². The smallest absolute Gasteiger partial charge is 0.270 e. The number of piperazine rings is 1. The summed E-state index contributed by atoms with van der Waals surface area (Å²) >= 11 is 6.31. The number of benzene rings is 2. The zero-order chi connectivity index (χ0) is 18.0. The predicted molar refractivity (Wildman–Crippen MR) is 95.9 cm³/mol. The third-order valence-electron chi connectivity index (χ3n) is 4.29. The van der Waals surface area contributed by atoms with Gasteiger partial charge in [0.1, 0.15) is 0 Å². The lowest BCUT2D eigenvalue weighted by atomic mass is 10.0. The lowest BCUT2D eigenvalue weighted by Crippen LogP contribution is -2.48. The molecule has 0 spiro atoms. The van der Waals surface area contributed by atoms with E-state index >= 15 is 0 Å². The molecule has 0 aromatic heterocycles. The molecular weight excluding hydrogens is 342 g/mol. The summed E-state index contributed by atoms with van der Waals surface area (Å²) in [6, 6.07) is 11.7. The Balaban J connectivity index is 1.97. The van der Waals surface area contributed by atoms with Crippen LogP contribution in [0.5, 0.6) is 0 Å². The van der Waals surface area contributed by atoms with Crippen molar-refractivity contribution in [1.29, 1.82) is 0 Å². The van der Waals surface area contributed by atoms with Crippen molar-refractivity contribution in [2.24, 2.45) is 0 Å². The highest BCUT2D eigenvalue weighted by Crippen LogP contribution is 2.30. The van der Waals surface area contributed by atoms with E-state index in [0.717, 1.165) is 5.56 Å². The van der Waals surface area contributed by atoms with Crippen LogP contribution in [0.2, 0.25) is 5.02 Å². The van der Waals surface area contributed by atoms with Gasteiger partial charge in [-0.3, -0.25) is 14.9 Å². The molecule has 1 heterocycles. The molecule has 1 N–H and O–H groups in total. The Morgan fingerprint density at radius 2 is 2.08 bits per heavy atom. The van der Waals surface area contributed by atoms with E-state index in [0.29, 0.717) is 35.8 Å². The van der Waals surface area contributed by atoms with Crippen molar-refractivity contribution in [2.45, 2.75) is 13.0 Å². The van der Waals surface area contributed by atoms with Crippen LogP contribution in [0.4, 0.5) is 5.69 Å². The fourth-order valence-corrected chi connectivity index (χ4v) is 3.39. The molecule has 2 aromatic rings. The second-order valence-electron chi connectivity index (χ2n) is 6.05. The zero-order valence-corrected chi connectivity index (χ0v) is 14.5. The molecule has 7 heteroatoms. The maximum absolute atomic E-state index is 13.1. The van der Waals surface area contributed by atoms with Gasteiger partial charge < -0.3 is 10.2 Å². The fraction of sp³-hybridized carbons (Fsp3) is 0.278. The van der Waals surface area contributed by atoms with Crippen molar-refractivity contribution >= 4 is 23.2 Å². The van der Waals surface area contributed by atoms with Crippen molar-refractivity contribution in [1.82, 2.24) is 10.2 Å². The molecule has 1 fully saturated rings. The molecule has 1 aliphatic heterocycles. The lowest BCUT2D eigenvalue weighted by Gasteiger charge is -2.37. The Labute approximate surface area is 150 Å². The summed E-state index contributed by atoms with van der Waals surface area (Å²) < 4.78 is 0. The fourth-order valence-electron chi connectivity index (χ4n) is 3.13. The molecule has 1 saturated heterocycles. The highest BCUT2D eigenvalue weighted by Gasteiger charge is 2.30. The number of non-ortho nitro benzene ring substituents is 1. The number of nitro groups is 1. The van der Waals surface area contributed by atoms with E-state index < -0.39 is 4.92 Å². The first-order chi connectivity index (χ1) is 12.0. The number of nitrogens with zero attached hydrogens (tertiary/aromatic N) is 2. The first kappa shape index (κ1) is 17.4. The Hall–Kier alpha value is -2.44. The highest BCUT2D eigenvalue weighted by atomic mass is 35.5. The van der Waals surface area contributed by atoms with Crippen LogP contribution in [0.15, 0.2) is 42.5 Å². The minimum Gasteiger partial charge on any atom is -0.329 e. The topological polar surface area (TPSA) is 75.5 Å². The molecule has 0 radical (unpaired) electrons. The highest BCUT2D eigenvalue weighted by molar-refractivity contribution is 6.31. The monoisotopic (exact) mass is 359 g/mol.